The molecule has 7 heteroatoms. The van der Waals surface area contributed by atoms with E-state index >= 15 is 0 Å². The molecule has 2 unspecified atom stereocenters. The third kappa shape index (κ3) is 4.77. The Bertz CT molecular complexity index is 1070. The van der Waals surface area contributed by atoms with Crippen LogP contribution in [0.15, 0.2) is 48.5 Å². The molecule has 2 atom stereocenters. The molecule has 2 N–H and O–H groups in total. The number of piperidine rings is 1. The van der Waals surface area contributed by atoms with Gasteiger partial charge in [0, 0.05) is 24.9 Å². The van der Waals surface area contributed by atoms with Gasteiger partial charge in [0.2, 0.25) is 5.91 Å². The van der Waals surface area contributed by atoms with Crippen molar-refractivity contribution in [2.45, 2.75) is 62.9 Å². The normalized spacial score (nSPS) is 20.3. The minimum absolute atomic E-state index is 0.0263. The first-order valence-corrected chi connectivity index (χ1v) is 12.7. The van der Waals surface area contributed by atoms with E-state index in [9.17, 15) is 19.5 Å². The van der Waals surface area contributed by atoms with Crippen molar-refractivity contribution in [1.82, 2.24) is 10.2 Å². The molecule has 2 aliphatic carbocycles. The number of benzene rings is 2. The average molecular weight is 477 g/mol. The third-order valence-electron chi connectivity index (χ3n) is 7.87. The number of nitrogens with one attached hydrogen (secondary N) is 1. The van der Waals surface area contributed by atoms with Gasteiger partial charge >= 0.3 is 12.1 Å². The summed E-state index contributed by atoms with van der Waals surface area (Å²) in [5.74, 6) is -0.968. The summed E-state index contributed by atoms with van der Waals surface area (Å²) in [6, 6.07) is 15.3. The van der Waals surface area contributed by atoms with E-state index in [0.29, 0.717) is 13.0 Å². The van der Waals surface area contributed by atoms with Gasteiger partial charge < -0.3 is 20.1 Å². The topological polar surface area (TPSA) is 95.9 Å². The Hall–Kier alpha value is -3.35. The van der Waals surface area contributed by atoms with Crippen LogP contribution in [0, 0.1) is 5.92 Å². The number of hydrogen-bond acceptors (Lipinski definition) is 4. The van der Waals surface area contributed by atoms with Gasteiger partial charge in [0.1, 0.15) is 12.6 Å². The van der Waals surface area contributed by atoms with Gasteiger partial charge in [-0.25, -0.2) is 9.59 Å². The van der Waals surface area contributed by atoms with Crippen molar-refractivity contribution in [1.29, 1.82) is 0 Å². The van der Waals surface area contributed by atoms with Gasteiger partial charge in [-0.05, 0) is 60.3 Å². The highest BCUT2D eigenvalue weighted by molar-refractivity contribution is 5.84. The van der Waals surface area contributed by atoms with E-state index in [1.54, 1.807) is 0 Å². The molecule has 1 saturated carbocycles. The number of nitrogens with zero attached hydrogens (tertiary/aromatic N) is 1. The van der Waals surface area contributed by atoms with Gasteiger partial charge in [-0.3, -0.25) is 4.79 Å². The molecule has 5 rings (SSSR count). The largest absolute Gasteiger partial charge is 0.480 e. The van der Waals surface area contributed by atoms with E-state index in [2.05, 4.69) is 29.6 Å². The van der Waals surface area contributed by atoms with Crippen molar-refractivity contribution in [3.63, 3.8) is 0 Å². The fourth-order valence-corrected chi connectivity index (χ4v) is 5.76. The van der Waals surface area contributed by atoms with Crippen LogP contribution < -0.4 is 5.32 Å². The molecular formula is C28H32N2O5. The molecule has 3 aliphatic rings. The zero-order chi connectivity index (χ0) is 24.4. The predicted octanol–water partition coefficient (Wildman–Crippen LogP) is 4.55. The van der Waals surface area contributed by atoms with Gasteiger partial charge in [-0.2, -0.15) is 0 Å². The number of carboxylic acids is 1. The second kappa shape index (κ2) is 10.1. The quantitative estimate of drug-likeness (QED) is 0.611. The van der Waals surface area contributed by atoms with Crippen LogP contribution in [0.5, 0.6) is 0 Å². The molecule has 0 radical (unpaired) electrons. The Kier molecular flexibility index (Phi) is 6.75. The van der Waals surface area contributed by atoms with E-state index < -0.39 is 18.1 Å². The summed E-state index contributed by atoms with van der Waals surface area (Å²) >= 11 is 0. The fourth-order valence-electron chi connectivity index (χ4n) is 5.76. The van der Waals surface area contributed by atoms with Crippen molar-refractivity contribution in [3.05, 3.63) is 59.7 Å². The number of ether oxygens (including phenoxy) is 1. The number of likely N-dealkylation sites (tertiary alicyclic amines) is 1. The summed E-state index contributed by atoms with van der Waals surface area (Å²) in [6.45, 7) is 0.677. The van der Waals surface area contributed by atoms with Gasteiger partial charge in [0.25, 0.3) is 0 Å². The van der Waals surface area contributed by atoms with Crippen LogP contribution >= 0.6 is 0 Å². The predicted molar refractivity (Wildman–Crippen MR) is 131 cm³/mol. The third-order valence-corrected chi connectivity index (χ3v) is 7.87. The molecule has 0 spiro atoms. The molecule has 184 valence electrons. The number of carbonyl (C=O) groups is 3. The highest BCUT2D eigenvalue weighted by atomic mass is 16.5. The summed E-state index contributed by atoms with van der Waals surface area (Å²) < 4.78 is 5.71. The Labute approximate surface area is 205 Å². The molecule has 1 heterocycles. The number of hydrogen-bond donors (Lipinski definition) is 2. The molecule has 0 bridgehead atoms. The van der Waals surface area contributed by atoms with Crippen molar-refractivity contribution in [2.75, 3.05) is 13.2 Å². The van der Waals surface area contributed by atoms with E-state index in [4.69, 9.17) is 4.74 Å². The molecule has 2 amide bonds. The number of fused-ring (bicyclic) bond motifs is 3. The number of amides is 2. The Morgan fingerprint density at radius 1 is 0.943 bits per heavy atom. The lowest BCUT2D eigenvalue weighted by Gasteiger charge is -2.37. The Balaban J connectivity index is 1.23. The summed E-state index contributed by atoms with van der Waals surface area (Å²) in [5.41, 5.74) is 4.64. The zero-order valence-electron chi connectivity index (χ0n) is 19.8. The lowest BCUT2D eigenvalue weighted by Crippen LogP contribution is -2.51. The van der Waals surface area contributed by atoms with Crippen molar-refractivity contribution >= 4 is 18.0 Å². The number of carboxylic acid groups (broad SMARTS) is 1. The van der Waals surface area contributed by atoms with E-state index in [0.717, 1.165) is 43.2 Å². The average Bonchev–Trinajstić information content (AvgIpc) is 3.15. The van der Waals surface area contributed by atoms with Crippen LogP contribution in [0.3, 0.4) is 0 Å². The van der Waals surface area contributed by atoms with Crippen molar-refractivity contribution < 1.29 is 24.2 Å². The monoisotopic (exact) mass is 476 g/mol. The number of aliphatic carboxylic acids is 1. The number of rotatable bonds is 7. The second-order valence-electron chi connectivity index (χ2n) is 9.91. The summed E-state index contributed by atoms with van der Waals surface area (Å²) in [6.07, 6.45) is 4.66. The molecule has 35 heavy (non-hydrogen) atoms. The summed E-state index contributed by atoms with van der Waals surface area (Å²) in [7, 11) is 0. The minimum Gasteiger partial charge on any atom is -0.480 e. The van der Waals surface area contributed by atoms with Gasteiger partial charge in [0.15, 0.2) is 0 Å². The van der Waals surface area contributed by atoms with Crippen LogP contribution in [-0.4, -0.2) is 53.2 Å². The second-order valence-corrected chi connectivity index (χ2v) is 9.91. The molecule has 2 aromatic rings. The van der Waals surface area contributed by atoms with Crippen LogP contribution in [-0.2, 0) is 14.3 Å². The first-order chi connectivity index (χ1) is 17.0. The van der Waals surface area contributed by atoms with E-state index in [-0.39, 0.29) is 36.8 Å². The van der Waals surface area contributed by atoms with Crippen LogP contribution in [0.2, 0.25) is 0 Å². The molecule has 7 nitrogen and oxygen atoms in total. The van der Waals surface area contributed by atoms with Crippen molar-refractivity contribution in [3.8, 4) is 11.1 Å². The zero-order valence-corrected chi connectivity index (χ0v) is 19.8. The van der Waals surface area contributed by atoms with Crippen molar-refractivity contribution in [2.24, 2.45) is 5.92 Å². The minimum atomic E-state index is -0.956. The van der Waals surface area contributed by atoms with Gasteiger partial charge in [-0.1, -0.05) is 55.0 Å². The van der Waals surface area contributed by atoms with Gasteiger partial charge in [0.05, 0.1) is 0 Å². The van der Waals surface area contributed by atoms with Crippen LogP contribution in [0.4, 0.5) is 4.79 Å². The van der Waals surface area contributed by atoms with Crippen LogP contribution in [0.1, 0.15) is 62.0 Å². The number of carbonyl (C=O) groups excluding carboxylic acids is 2. The maximum Gasteiger partial charge on any atom is 0.407 e. The van der Waals surface area contributed by atoms with E-state index in [1.807, 2.05) is 24.3 Å². The summed E-state index contributed by atoms with van der Waals surface area (Å²) in [4.78, 5) is 39.0. The Morgan fingerprint density at radius 3 is 2.20 bits per heavy atom. The van der Waals surface area contributed by atoms with Crippen LogP contribution in [0.25, 0.3) is 11.1 Å². The fraction of sp³-hybridized carbons (Fsp3) is 0.464. The first kappa shape index (κ1) is 23.4. The maximum atomic E-state index is 13.1. The first-order valence-electron chi connectivity index (χ1n) is 12.7. The smallest absolute Gasteiger partial charge is 0.407 e. The molecule has 2 fully saturated rings. The van der Waals surface area contributed by atoms with E-state index in [1.165, 1.54) is 16.0 Å². The molecule has 0 aromatic heterocycles. The number of alkyl carbamates (subject to hydrolysis) is 1. The van der Waals surface area contributed by atoms with Gasteiger partial charge in [-0.15, -0.1) is 0 Å². The lowest BCUT2D eigenvalue weighted by molar-refractivity contribution is -0.152. The maximum absolute atomic E-state index is 13.1. The Morgan fingerprint density at radius 2 is 1.60 bits per heavy atom. The molecule has 2 aromatic carbocycles. The molecule has 1 aliphatic heterocycles. The summed E-state index contributed by atoms with van der Waals surface area (Å²) in [5, 5.41) is 12.5. The molecule has 1 saturated heterocycles. The lowest BCUT2D eigenvalue weighted by atomic mass is 9.78. The molecular weight excluding hydrogens is 444 g/mol. The highest BCUT2D eigenvalue weighted by Crippen LogP contribution is 2.44. The standard InChI is InChI=1S/C28H32N2O5/c31-26(30-15-6-5-14-25(30)27(32)33)16-24(18-8-7-9-18)29-28(34)35-17-23-21-12-3-1-10-19(21)20-11-2-4-13-22(20)23/h1-4,10-13,18,23-25H,5-9,14-17H2,(H,29,34)(H,32,33). The highest BCUT2D eigenvalue weighted by Gasteiger charge is 2.37. The SMILES string of the molecule is O=C(NC(CC(=O)N1CCCCC1C(=O)O)C1CCC1)OCC1c2ccccc2-c2ccccc21.